The Labute approximate surface area is 151 Å². The summed E-state index contributed by atoms with van der Waals surface area (Å²) in [6.45, 7) is 7.02. The minimum absolute atomic E-state index is 0.527. The first kappa shape index (κ1) is 17.1. The van der Waals surface area contributed by atoms with E-state index in [4.69, 9.17) is 33.9 Å². The first-order chi connectivity index (χ1) is 11.5. The summed E-state index contributed by atoms with van der Waals surface area (Å²) in [5, 5.41) is 1.07. The number of rotatable bonds is 5. The number of aromatic nitrogens is 2. The average Bonchev–Trinajstić information content (AvgIpc) is 2.92. The Bertz CT molecular complexity index is 869. The summed E-state index contributed by atoms with van der Waals surface area (Å²) in [5.74, 6) is 0. The molecule has 0 spiro atoms. The summed E-state index contributed by atoms with van der Waals surface area (Å²) in [5.41, 5.74) is 10.5. The van der Waals surface area contributed by atoms with Crippen molar-refractivity contribution in [2.45, 2.75) is 20.4 Å². The van der Waals surface area contributed by atoms with Gasteiger partial charge < -0.3 is 10.1 Å². The predicted molar refractivity (Wildman–Crippen MR) is 102 cm³/mol. The van der Waals surface area contributed by atoms with E-state index in [0.717, 1.165) is 42.2 Å². The van der Waals surface area contributed by atoms with Gasteiger partial charge in [-0.05, 0) is 37.4 Å². The van der Waals surface area contributed by atoms with Crippen LogP contribution in [0.3, 0.4) is 0 Å². The Morgan fingerprint density at radius 2 is 1.83 bits per heavy atom. The van der Waals surface area contributed by atoms with Crippen LogP contribution in [0.4, 0.5) is 5.69 Å². The topological polar surface area (TPSA) is 46.6 Å². The molecule has 1 aromatic carbocycles. The molecule has 3 aromatic rings. The number of nitrogens with two attached hydrogens (primary N) is 1. The van der Waals surface area contributed by atoms with Gasteiger partial charge in [-0.3, -0.25) is 4.90 Å². The van der Waals surface area contributed by atoms with Gasteiger partial charge in [0.2, 0.25) is 0 Å². The first-order valence-electron chi connectivity index (χ1n) is 7.97. The number of anilines is 1. The van der Waals surface area contributed by atoms with Crippen molar-refractivity contribution >= 4 is 34.5 Å². The molecule has 0 aliphatic rings. The molecular weight excluding hydrogens is 343 g/mol. The van der Waals surface area contributed by atoms with Crippen molar-refractivity contribution in [3.63, 3.8) is 0 Å². The number of nitrogens with zero attached hydrogens (tertiary/aromatic N) is 3. The van der Waals surface area contributed by atoms with Crippen LogP contribution in [-0.4, -0.2) is 27.4 Å². The Balaban J connectivity index is 2.19. The molecule has 2 N–H and O–H groups in total. The molecule has 0 aliphatic heterocycles. The summed E-state index contributed by atoms with van der Waals surface area (Å²) in [7, 11) is 0. The van der Waals surface area contributed by atoms with Crippen LogP contribution < -0.4 is 5.73 Å². The van der Waals surface area contributed by atoms with E-state index in [9.17, 15) is 0 Å². The summed E-state index contributed by atoms with van der Waals surface area (Å²) in [4.78, 5) is 7.14. The fourth-order valence-corrected chi connectivity index (χ4v) is 3.09. The fraction of sp³-hybridized carbons (Fsp3) is 0.278. The average molecular weight is 363 g/mol. The van der Waals surface area contributed by atoms with E-state index in [1.54, 1.807) is 6.07 Å². The lowest BCUT2D eigenvalue weighted by molar-refractivity contribution is 0.292. The number of benzene rings is 1. The van der Waals surface area contributed by atoms with Crippen molar-refractivity contribution in [2.75, 3.05) is 18.8 Å². The lowest BCUT2D eigenvalue weighted by Gasteiger charge is -2.18. The smallest absolute Gasteiger partial charge is 0.137 e. The lowest BCUT2D eigenvalue weighted by Crippen LogP contribution is -2.23. The van der Waals surface area contributed by atoms with Crippen LogP contribution >= 0.6 is 23.2 Å². The number of pyridine rings is 1. The molecule has 0 saturated heterocycles. The van der Waals surface area contributed by atoms with Crippen LogP contribution in [0.1, 0.15) is 19.5 Å². The number of hydrogen-bond acceptors (Lipinski definition) is 3. The molecule has 0 radical (unpaired) electrons. The van der Waals surface area contributed by atoms with Crippen molar-refractivity contribution < 1.29 is 0 Å². The van der Waals surface area contributed by atoms with Gasteiger partial charge in [-0.15, -0.1) is 0 Å². The van der Waals surface area contributed by atoms with Crippen LogP contribution in [0.5, 0.6) is 0 Å². The highest BCUT2D eigenvalue weighted by Crippen LogP contribution is 2.31. The molecule has 0 aliphatic carbocycles. The van der Waals surface area contributed by atoms with Gasteiger partial charge in [0.15, 0.2) is 0 Å². The maximum absolute atomic E-state index is 6.20. The number of halogens is 2. The predicted octanol–water partition coefficient (Wildman–Crippen LogP) is 4.73. The second kappa shape index (κ2) is 7.01. The lowest BCUT2D eigenvalue weighted by atomic mass is 10.1. The first-order valence-corrected chi connectivity index (χ1v) is 8.73. The van der Waals surface area contributed by atoms with E-state index in [0.29, 0.717) is 15.7 Å². The van der Waals surface area contributed by atoms with Crippen LogP contribution in [0.15, 0.2) is 36.5 Å². The molecule has 0 fully saturated rings. The van der Waals surface area contributed by atoms with Crippen molar-refractivity contribution in [3.05, 3.63) is 52.3 Å². The van der Waals surface area contributed by atoms with Gasteiger partial charge in [0, 0.05) is 24.0 Å². The SMILES string of the molecule is CCN(CC)Cc1c(-c2ccc(Cl)c(Cl)c2)nc2ccc(N)cn12. The standard InChI is InChI=1S/C18H20Cl2N4/c1-3-23(4-2)11-16-18(12-5-7-14(19)15(20)9-12)22-17-8-6-13(21)10-24(16)17/h5-10H,3-4,11,21H2,1-2H3. The van der Waals surface area contributed by atoms with Crippen molar-refractivity contribution in [3.8, 4) is 11.3 Å². The van der Waals surface area contributed by atoms with Gasteiger partial charge in [0.25, 0.3) is 0 Å². The quantitative estimate of drug-likeness (QED) is 0.713. The zero-order valence-corrected chi connectivity index (χ0v) is 15.3. The third-order valence-electron chi connectivity index (χ3n) is 4.20. The van der Waals surface area contributed by atoms with Crippen LogP contribution in [0.25, 0.3) is 16.9 Å². The van der Waals surface area contributed by atoms with Crippen LogP contribution in [-0.2, 0) is 6.54 Å². The highest BCUT2D eigenvalue weighted by atomic mass is 35.5. The highest BCUT2D eigenvalue weighted by Gasteiger charge is 2.17. The van der Waals surface area contributed by atoms with Gasteiger partial charge >= 0.3 is 0 Å². The summed E-state index contributed by atoms with van der Waals surface area (Å²) >= 11 is 12.3. The largest absolute Gasteiger partial charge is 0.398 e. The third kappa shape index (κ3) is 3.22. The third-order valence-corrected chi connectivity index (χ3v) is 4.94. The second-order valence-electron chi connectivity index (χ2n) is 5.69. The fourth-order valence-electron chi connectivity index (χ4n) is 2.79. The van der Waals surface area contributed by atoms with Gasteiger partial charge in [-0.2, -0.15) is 0 Å². The molecule has 126 valence electrons. The zero-order valence-electron chi connectivity index (χ0n) is 13.8. The van der Waals surface area contributed by atoms with Crippen LogP contribution in [0.2, 0.25) is 10.0 Å². The normalized spacial score (nSPS) is 11.5. The van der Waals surface area contributed by atoms with Crippen molar-refractivity contribution in [2.24, 2.45) is 0 Å². The van der Waals surface area contributed by atoms with Crippen molar-refractivity contribution in [1.82, 2.24) is 14.3 Å². The molecule has 6 heteroatoms. The van der Waals surface area contributed by atoms with Gasteiger partial charge in [-0.1, -0.05) is 43.1 Å². The number of hydrogen-bond donors (Lipinski definition) is 1. The second-order valence-corrected chi connectivity index (χ2v) is 6.50. The Hall–Kier alpha value is -1.75. The monoisotopic (exact) mass is 362 g/mol. The number of fused-ring (bicyclic) bond motifs is 1. The molecule has 0 bridgehead atoms. The maximum Gasteiger partial charge on any atom is 0.137 e. The molecule has 2 aromatic heterocycles. The van der Waals surface area contributed by atoms with Gasteiger partial charge in [0.1, 0.15) is 5.65 Å². The Morgan fingerprint density at radius 3 is 2.50 bits per heavy atom. The molecule has 0 saturated carbocycles. The molecule has 2 heterocycles. The maximum atomic E-state index is 6.20. The minimum atomic E-state index is 0.527. The molecule has 0 amide bonds. The summed E-state index contributed by atoms with van der Waals surface area (Å²) < 4.78 is 2.06. The van der Waals surface area contributed by atoms with Gasteiger partial charge in [0.05, 0.1) is 21.4 Å². The summed E-state index contributed by atoms with van der Waals surface area (Å²) in [6.07, 6.45) is 1.92. The van der Waals surface area contributed by atoms with E-state index in [2.05, 4.69) is 23.1 Å². The number of imidazole rings is 1. The zero-order chi connectivity index (χ0) is 17.3. The Kier molecular flexibility index (Phi) is 4.99. The van der Waals surface area contributed by atoms with E-state index in [-0.39, 0.29) is 0 Å². The van der Waals surface area contributed by atoms with E-state index in [1.807, 2.05) is 30.5 Å². The van der Waals surface area contributed by atoms with E-state index in [1.165, 1.54) is 0 Å². The molecule has 3 rings (SSSR count). The van der Waals surface area contributed by atoms with Crippen LogP contribution in [0, 0.1) is 0 Å². The van der Waals surface area contributed by atoms with Crippen molar-refractivity contribution in [1.29, 1.82) is 0 Å². The molecular formula is C18H20Cl2N4. The summed E-state index contributed by atoms with van der Waals surface area (Å²) in [6, 6.07) is 9.41. The molecule has 24 heavy (non-hydrogen) atoms. The minimum Gasteiger partial charge on any atom is -0.398 e. The molecule has 0 unspecified atom stereocenters. The highest BCUT2D eigenvalue weighted by molar-refractivity contribution is 6.42. The Morgan fingerprint density at radius 1 is 1.08 bits per heavy atom. The molecule has 4 nitrogen and oxygen atoms in total. The van der Waals surface area contributed by atoms with E-state index < -0.39 is 0 Å². The number of nitrogen functional groups attached to an aromatic ring is 1. The van der Waals surface area contributed by atoms with Gasteiger partial charge in [-0.25, -0.2) is 4.98 Å². The van der Waals surface area contributed by atoms with E-state index >= 15 is 0 Å². The molecule has 0 atom stereocenters.